The molecule has 5 heteroatoms. The second-order valence-corrected chi connectivity index (χ2v) is 3.95. The first kappa shape index (κ1) is 12.0. The molecule has 0 saturated carbocycles. The molecule has 0 bridgehead atoms. The van der Waals surface area contributed by atoms with Crippen LogP contribution in [0, 0.1) is 5.92 Å². The van der Waals surface area contributed by atoms with Gasteiger partial charge in [-0.15, -0.1) is 0 Å². The quantitative estimate of drug-likeness (QED) is 0.631. The summed E-state index contributed by atoms with van der Waals surface area (Å²) < 4.78 is 4.53. The van der Waals surface area contributed by atoms with Gasteiger partial charge in [-0.3, -0.25) is 4.79 Å². The number of rotatable bonds is 3. The summed E-state index contributed by atoms with van der Waals surface area (Å²) in [6.45, 7) is 4.49. The molecule has 1 heterocycles. The lowest BCUT2D eigenvalue weighted by molar-refractivity contribution is -0.144. The van der Waals surface area contributed by atoms with Crippen molar-refractivity contribution in [1.29, 1.82) is 0 Å². The molecule has 1 aliphatic rings. The minimum Gasteiger partial charge on any atom is -0.467 e. The fraction of sp³-hybridized carbons (Fsp3) is 0.800. The standard InChI is InChI=1S/C10H18N2O3/c1-6-4-5-11-8(6)9(13)12-7(2)10(14)15-3/h6-8,11H,4-5H2,1-3H3,(H,12,13)/t6?,7-,8?/m0/s1. The lowest BCUT2D eigenvalue weighted by Crippen LogP contribution is -2.49. The molecule has 1 rings (SSSR count). The zero-order valence-electron chi connectivity index (χ0n) is 9.37. The molecule has 0 aromatic rings. The van der Waals surface area contributed by atoms with Crippen molar-refractivity contribution in [3.8, 4) is 0 Å². The fourth-order valence-electron chi connectivity index (χ4n) is 1.72. The molecule has 5 nitrogen and oxygen atoms in total. The predicted octanol–water partition coefficient (Wildman–Crippen LogP) is -0.338. The number of methoxy groups -OCH3 is 1. The minimum absolute atomic E-state index is 0.127. The number of hydrogen-bond acceptors (Lipinski definition) is 4. The van der Waals surface area contributed by atoms with Crippen molar-refractivity contribution in [1.82, 2.24) is 10.6 Å². The molecule has 1 saturated heterocycles. The smallest absolute Gasteiger partial charge is 0.328 e. The number of esters is 1. The van der Waals surface area contributed by atoms with E-state index in [9.17, 15) is 9.59 Å². The van der Waals surface area contributed by atoms with Crippen LogP contribution in [0.2, 0.25) is 0 Å². The molecule has 0 aromatic carbocycles. The van der Waals surface area contributed by atoms with E-state index in [2.05, 4.69) is 15.4 Å². The van der Waals surface area contributed by atoms with Gasteiger partial charge in [-0.25, -0.2) is 4.79 Å². The molecule has 1 amide bonds. The van der Waals surface area contributed by atoms with Crippen molar-refractivity contribution in [2.24, 2.45) is 5.92 Å². The molecule has 86 valence electrons. The van der Waals surface area contributed by atoms with Crippen LogP contribution in [0.1, 0.15) is 20.3 Å². The van der Waals surface area contributed by atoms with E-state index in [4.69, 9.17) is 0 Å². The number of amides is 1. The Morgan fingerprint density at radius 2 is 2.20 bits per heavy atom. The minimum atomic E-state index is -0.586. The van der Waals surface area contributed by atoms with Crippen molar-refractivity contribution >= 4 is 11.9 Å². The summed E-state index contributed by atoms with van der Waals surface area (Å²) in [5.74, 6) is -0.234. The van der Waals surface area contributed by atoms with E-state index in [0.29, 0.717) is 5.92 Å². The number of carbonyl (C=O) groups excluding carboxylic acids is 2. The maximum Gasteiger partial charge on any atom is 0.328 e. The van der Waals surface area contributed by atoms with Gasteiger partial charge in [0, 0.05) is 0 Å². The fourth-order valence-corrected chi connectivity index (χ4v) is 1.72. The third-order valence-electron chi connectivity index (χ3n) is 2.73. The molecule has 3 atom stereocenters. The van der Waals surface area contributed by atoms with Gasteiger partial charge in [0.15, 0.2) is 0 Å². The van der Waals surface area contributed by atoms with E-state index in [0.717, 1.165) is 13.0 Å². The van der Waals surface area contributed by atoms with Crippen LogP contribution in [-0.4, -0.2) is 37.6 Å². The Balaban J connectivity index is 2.44. The van der Waals surface area contributed by atoms with Crippen LogP contribution in [0.4, 0.5) is 0 Å². The number of hydrogen-bond donors (Lipinski definition) is 2. The molecule has 0 aliphatic carbocycles. The lowest BCUT2D eigenvalue weighted by atomic mass is 10.0. The van der Waals surface area contributed by atoms with Crippen LogP contribution >= 0.6 is 0 Å². The zero-order chi connectivity index (χ0) is 11.4. The van der Waals surface area contributed by atoms with Crippen LogP contribution in [-0.2, 0) is 14.3 Å². The molecule has 0 radical (unpaired) electrons. The van der Waals surface area contributed by atoms with Crippen LogP contribution in [0.3, 0.4) is 0 Å². The summed E-state index contributed by atoms with van der Waals surface area (Å²) in [6, 6.07) is -0.769. The molecule has 0 aromatic heterocycles. The summed E-state index contributed by atoms with van der Waals surface area (Å²) in [7, 11) is 1.31. The van der Waals surface area contributed by atoms with Crippen molar-refractivity contribution in [3.63, 3.8) is 0 Å². The number of ether oxygens (including phenoxy) is 1. The van der Waals surface area contributed by atoms with Gasteiger partial charge in [0.2, 0.25) is 5.91 Å². The second kappa shape index (κ2) is 5.11. The largest absolute Gasteiger partial charge is 0.467 e. The van der Waals surface area contributed by atoms with Crippen LogP contribution in [0.5, 0.6) is 0 Å². The average Bonchev–Trinajstić information content (AvgIpc) is 2.63. The van der Waals surface area contributed by atoms with Crippen LogP contribution < -0.4 is 10.6 Å². The Kier molecular flexibility index (Phi) is 4.08. The van der Waals surface area contributed by atoms with Gasteiger partial charge in [-0.2, -0.15) is 0 Å². The predicted molar refractivity (Wildman–Crippen MR) is 55.2 cm³/mol. The molecule has 1 fully saturated rings. The first-order valence-electron chi connectivity index (χ1n) is 5.18. The Hall–Kier alpha value is -1.10. The zero-order valence-corrected chi connectivity index (χ0v) is 9.37. The molecule has 1 aliphatic heterocycles. The maximum atomic E-state index is 11.7. The van der Waals surface area contributed by atoms with E-state index >= 15 is 0 Å². The summed E-state index contributed by atoms with van der Waals surface area (Å²) in [4.78, 5) is 22.8. The van der Waals surface area contributed by atoms with Gasteiger partial charge >= 0.3 is 5.97 Å². The SMILES string of the molecule is COC(=O)[C@H](C)NC(=O)C1NCCC1C. The topological polar surface area (TPSA) is 67.4 Å². The average molecular weight is 214 g/mol. The van der Waals surface area contributed by atoms with Crippen LogP contribution in [0.15, 0.2) is 0 Å². The Labute approximate surface area is 89.6 Å². The molecule has 0 spiro atoms. The molecule has 2 unspecified atom stereocenters. The summed E-state index contributed by atoms with van der Waals surface area (Å²) in [5.41, 5.74) is 0. The van der Waals surface area contributed by atoms with Crippen molar-refractivity contribution in [2.45, 2.75) is 32.4 Å². The number of nitrogens with one attached hydrogen (secondary N) is 2. The highest BCUT2D eigenvalue weighted by Gasteiger charge is 2.30. The third-order valence-corrected chi connectivity index (χ3v) is 2.73. The lowest BCUT2D eigenvalue weighted by Gasteiger charge is -2.18. The van der Waals surface area contributed by atoms with Gasteiger partial charge < -0.3 is 15.4 Å². The highest BCUT2D eigenvalue weighted by atomic mass is 16.5. The normalized spacial score (nSPS) is 27.1. The first-order valence-corrected chi connectivity index (χ1v) is 5.18. The highest BCUT2D eigenvalue weighted by Crippen LogP contribution is 2.14. The van der Waals surface area contributed by atoms with Crippen molar-refractivity contribution < 1.29 is 14.3 Å². The summed E-state index contributed by atoms with van der Waals surface area (Å²) in [5, 5.41) is 5.73. The first-order chi connectivity index (χ1) is 7.06. The number of carbonyl (C=O) groups is 2. The van der Waals surface area contributed by atoms with E-state index in [1.807, 2.05) is 6.92 Å². The van der Waals surface area contributed by atoms with E-state index in [1.54, 1.807) is 6.92 Å². The van der Waals surface area contributed by atoms with Crippen LogP contribution in [0.25, 0.3) is 0 Å². The van der Waals surface area contributed by atoms with E-state index in [-0.39, 0.29) is 11.9 Å². The third kappa shape index (κ3) is 2.92. The summed E-state index contributed by atoms with van der Waals surface area (Å²) >= 11 is 0. The Morgan fingerprint density at radius 1 is 1.53 bits per heavy atom. The molecule has 15 heavy (non-hydrogen) atoms. The Morgan fingerprint density at radius 3 is 2.67 bits per heavy atom. The molecular formula is C10H18N2O3. The maximum absolute atomic E-state index is 11.7. The second-order valence-electron chi connectivity index (χ2n) is 3.95. The molecular weight excluding hydrogens is 196 g/mol. The van der Waals surface area contributed by atoms with Gasteiger partial charge in [0.1, 0.15) is 6.04 Å². The van der Waals surface area contributed by atoms with Gasteiger partial charge in [0.05, 0.1) is 13.2 Å². The molecule has 2 N–H and O–H groups in total. The Bertz CT molecular complexity index is 255. The van der Waals surface area contributed by atoms with Crippen molar-refractivity contribution in [2.75, 3.05) is 13.7 Å². The monoisotopic (exact) mass is 214 g/mol. The van der Waals surface area contributed by atoms with Gasteiger partial charge in [0.25, 0.3) is 0 Å². The van der Waals surface area contributed by atoms with E-state index in [1.165, 1.54) is 7.11 Å². The van der Waals surface area contributed by atoms with Gasteiger partial charge in [-0.05, 0) is 25.8 Å². The van der Waals surface area contributed by atoms with E-state index < -0.39 is 12.0 Å². The van der Waals surface area contributed by atoms with Gasteiger partial charge in [-0.1, -0.05) is 6.92 Å². The summed E-state index contributed by atoms with van der Waals surface area (Å²) in [6.07, 6.45) is 0.991. The van der Waals surface area contributed by atoms with Crippen molar-refractivity contribution in [3.05, 3.63) is 0 Å². The highest BCUT2D eigenvalue weighted by molar-refractivity contribution is 5.87.